The zero-order chi connectivity index (χ0) is 9.52. The Morgan fingerprint density at radius 3 is 2.92 bits per heavy atom. The molecule has 0 aliphatic rings. The molecule has 0 aromatic heterocycles. The van der Waals surface area contributed by atoms with Crippen molar-refractivity contribution >= 4 is 5.69 Å². The Morgan fingerprint density at radius 1 is 1.46 bits per heavy atom. The number of benzene rings is 1. The number of nitrogens with zero attached hydrogens (tertiary/aromatic N) is 1. The minimum Gasteiger partial charge on any atom is -0.381 e. The molecule has 0 unspecified atom stereocenters. The van der Waals surface area contributed by atoms with Gasteiger partial charge in [0.1, 0.15) is 6.61 Å². The van der Waals surface area contributed by atoms with Crippen molar-refractivity contribution in [3.05, 3.63) is 34.7 Å². The molecule has 4 nitrogen and oxygen atoms in total. The fourth-order valence-electron chi connectivity index (χ4n) is 1.04. The van der Waals surface area contributed by atoms with Crippen molar-refractivity contribution in [2.45, 2.75) is 6.92 Å². The maximum atomic E-state index is 9.58. The number of rotatable bonds is 5. The topological polar surface area (TPSA) is 50.7 Å². The molecule has 0 heterocycles. The van der Waals surface area contributed by atoms with Gasteiger partial charge in [-0.25, -0.2) is 0 Å². The lowest BCUT2D eigenvalue weighted by Crippen LogP contribution is -2.07. The number of anilines is 1. The van der Waals surface area contributed by atoms with Crippen LogP contribution in [0.25, 0.3) is 0 Å². The van der Waals surface area contributed by atoms with Gasteiger partial charge in [-0.05, 0) is 18.6 Å². The monoisotopic (exact) mass is 180 g/mol. The van der Waals surface area contributed by atoms with Gasteiger partial charge >= 0.3 is 0 Å². The van der Waals surface area contributed by atoms with E-state index < -0.39 is 0 Å². The zero-order valence-electron chi connectivity index (χ0n) is 7.49. The van der Waals surface area contributed by atoms with Crippen molar-refractivity contribution in [3.63, 3.8) is 0 Å². The fraction of sp³-hybridized carbons (Fsp3) is 0.333. The highest BCUT2D eigenvalue weighted by atomic mass is 16.7. The molecule has 0 aliphatic carbocycles. The van der Waals surface area contributed by atoms with Crippen LogP contribution in [0.3, 0.4) is 0 Å². The molecule has 1 aromatic carbocycles. The zero-order valence-corrected chi connectivity index (χ0v) is 7.49. The maximum Gasteiger partial charge on any atom is 0.155 e. The lowest BCUT2D eigenvalue weighted by atomic mass is 10.2. The van der Waals surface area contributed by atoms with Crippen molar-refractivity contribution in [2.24, 2.45) is 5.34 Å². The van der Waals surface area contributed by atoms with E-state index in [9.17, 15) is 4.91 Å². The average Bonchev–Trinajstić information content (AvgIpc) is 2.15. The van der Waals surface area contributed by atoms with Crippen LogP contribution in [0, 0.1) is 11.8 Å². The first kappa shape index (κ1) is 9.51. The highest BCUT2D eigenvalue weighted by molar-refractivity contribution is 5.50. The molecule has 0 radical (unpaired) electrons. The first-order valence-corrected chi connectivity index (χ1v) is 4.08. The molecule has 1 rings (SSSR count). The molecular formula is C9H12N2O2. The number of para-hydroxylation sites is 1. The van der Waals surface area contributed by atoms with Crippen LogP contribution < -0.4 is 5.32 Å². The van der Waals surface area contributed by atoms with Gasteiger partial charge in [-0.15, -0.1) is 4.91 Å². The Balaban J connectivity index is 2.36. The molecule has 1 N–H and O–H groups in total. The smallest absolute Gasteiger partial charge is 0.155 e. The summed E-state index contributed by atoms with van der Waals surface area (Å²) in [6.07, 6.45) is 0. The summed E-state index contributed by atoms with van der Waals surface area (Å²) in [4.78, 5) is 13.9. The summed E-state index contributed by atoms with van der Waals surface area (Å²) in [7, 11) is 0. The molecule has 0 spiro atoms. The van der Waals surface area contributed by atoms with Gasteiger partial charge in [0.05, 0.1) is 6.54 Å². The van der Waals surface area contributed by atoms with Crippen LogP contribution in [0.4, 0.5) is 5.69 Å². The Kier molecular flexibility index (Phi) is 3.75. The Hall–Kier alpha value is -1.58. The number of hydrogen-bond donors (Lipinski definition) is 1. The molecule has 13 heavy (non-hydrogen) atoms. The lowest BCUT2D eigenvalue weighted by molar-refractivity contribution is 0.150. The van der Waals surface area contributed by atoms with Gasteiger partial charge in [0.25, 0.3) is 0 Å². The van der Waals surface area contributed by atoms with E-state index in [2.05, 4.69) is 15.5 Å². The second-order valence-electron chi connectivity index (χ2n) is 2.65. The van der Waals surface area contributed by atoms with Gasteiger partial charge in [-0.1, -0.05) is 18.2 Å². The van der Waals surface area contributed by atoms with Crippen molar-refractivity contribution in [1.82, 2.24) is 0 Å². The van der Waals surface area contributed by atoms with Crippen molar-refractivity contribution in [2.75, 3.05) is 18.5 Å². The van der Waals surface area contributed by atoms with Crippen molar-refractivity contribution in [1.29, 1.82) is 0 Å². The SMILES string of the molecule is Cc1ccccc1NCCON=O. The van der Waals surface area contributed by atoms with Gasteiger partial charge in [0.15, 0.2) is 5.34 Å². The predicted octanol–water partition coefficient (Wildman–Crippen LogP) is 2.10. The molecule has 1 aromatic rings. The summed E-state index contributed by atoms with van der Waals surface area (Å²) in [5.74, 6) is 0. The first-order chi connectivity index (χ1) is 6.34. The average molecular weight is 180 g/mol. The van der Waals surface area contributed by atoms with E-state index in [4.69, 9.17) is 0 Å². The summed E-state index contributed by atoms with van der Waals surface area (Å²) >= 11 is 0. The van der Waals surface area contributed by atoms with Gasteiger partial charge in [-0.2, -0.15) is 0 Å². The predicted molar refractivity (Wildman–Crippen MR) is 51.4 cm³/mol. The van der Waals surface area contributed by atoms with Gasteiger partial charge in [0, 0.05) is 5.69 Å². The largest absolute Gasteiger partial charge is 0.381 e. The van der Waals surface area contributed by atoms with Gasteiger partial charge in [0.2, 0.25) is 0 Å². The molecule has 70 valence electrons. The highest BCUT2D eigenvalue weighted by Gasteiger charge is 1.94. The van der Waals surface area contributed by atoms with Crippen LogP contribution in [0.2, 0.25) is 0 Å². The Morgan fingerprint density at radius 2 is 2.23 bits per heavy atom. The highest BCUT2D eigenvalue weighted by Crippen LogP contribution is 2.12. The Bertz CT molecular complexity index is 276. The Labute approximate surface area is 76.8 Å². The number of nitrogens with one attached hydrogen (secondary N) is 1. The summed E-state index contributed by atoms with van der Waals surface area (Å²) in [6, 6.07) is 7.92. The molecule has 0 atom stereocenters. The third kappa shape index (κ3) is 3.11. The first-order valence-electron chi connectivity index (χ1n) is 4.08. The van der Waals surface area contributed by atoms with E-state index in [1.54, 1.807) is 0 Å². The quantitative estimate of drug-likeness (QED) is 0.429. The van der Waals surface area contributed by atoms with Gasteiger partial charge < -0.3 is 10.2 Å². The second kappa shape index (κ2) is 5.13. The van der Waals surface area contributed by atoms with E-state index in [0.717, 1.165) is 5.69 Å². The molecule has 4 heteroatoms. The number of hydrogen-bond acceptors (Lipinski definition) is 4. The number of aryl methyl sites for hydroxylation is 1. The molecular weight excluding hydrogens is 168 g/mol. The maximum absolute atomic E-state index is 9.58. The van der Waals surface area contributed by atoms with Crippen LogP contribution >= 0.6 is 0 Å². The third-order valence-electron chi connectivity index (χ3n) is 1.71. The molecule has 0 amide bonds. The molecule has 0 fully saturated rings. The molecule has 0 aliphatic heterocycles. The summed E-state index contributed by atoms with van der Waals surface area (Å²) in [6.45, 7) is 2.88. The van der Waals surface area contributed by atoms with Gasteiger partial charge in [-0.3, -0.25) is 0 Å². The summed E-state index contributed by atoms with van der Waals surface area (Å²) < 4.78 is 0. The van der Waals surface area contributed by atoms with E-state index >= 15 is 0 Å². The van der Waals surface area contributed by atoms with Crippen LogP contribution in [-0.2, 0) is 4.84 Å². The minimum atomic E-state index is 0.290. The second-order valence-corrected chi connectivity index (χ2v) is 2.65. The van der Waals surface area contributed by atoms with Crippen LogP contribution in [-0.4, -0.2) is 13.2 Å². The van der Waals surface area contributed by atoms with Crippen molar-refractivity contribution in [3.8, 4) is 0 Å². The molecule has 0 bridgehead atoms. The van der Waals surface area contributed by atoms with E-state index in [1.165, 1.54) is 5.56 Å². The van der Waals surface area contributed by atoms with E-state index in [-0.39, 0.29) is 6.61 Å². The fourth-order valence-corrected chi connectivity index (χ4v) is 1.04. The normalized spacial score (nSPS) is 9.31. The van der Waals surface area contributed by atoms with E-state index in [0.29, 0.717) is 6.54 Å². The standard InChI is InChI=1S/C9H12N2O2/c1-8-4-2-3-5-9(8)10-6-7-13-11-12/h2-5,10H,6-7H2,1H3. The summed E-state index contributed by atoms with van der Waals surface area (Å²) in [5, 5.41) is 5.42. The molecule has 0 saturated heterocycles. The van der Waals surface area contributed by atoms with Crippen LogP contribution in [0.1, 0.15) is 5.56 Å². The van der Waals surface area contributed by atoms with Crippen molar-refractivity contribution < 1.29 is 4.84 Å². The summed E-state index contributed by atoms with van der Waals surface area (Å²) in [5.41, 5.74) is 2.22. The minimum absolute atomic E-state index is 0.290. The van der Waals surface area contributed by atoms with Crippen LogP contribution in [0.15, 0.2) is 29.6 Å². The van der Waals surface area contributed by atoms with E-state index in [1.807, 2.05) is 31.2 Å². The van der Waals surface area contributed by atoms with Crippen LogP contribution in [0.5, 0.6) is 0 Å². The third-order valence-corrected chi connectivity index (χ3v) is 1.71. The lowest BCUT2D eigenvalue weighted by Gasteiger charge is -2.07. The molecule has 0 saturated carbocycles.